The zero-order valence-electron chi connectivity index (χ0n) is 74.8. The lowest BCUT2D eigenvalue weighted by atomic mass is 9.97. The van der Waals surface area contributed by atoms with Crippen molar-refractivity contribution >= 4 is 129 Å². The predicted molar refractivity (Wildman–Crippen MR) is 482 cm³/mol. The third-order valence-electron chi connectivity index (χ3n) is 21.4. The number of aliphatic carboxylic acids is 1. The summed E-state index contributed by atoms with van der Waals surface area (Å²) in [6.07, 6.45) is 0.752. The molecule has 7 rings (SSSR count). The third-order valence-corrected chi connectivity index (χ3v) is 22.4. The van der Waals surface area contributed by atoms with E-state index >= 15 is 24.0 Å². The lowest BCUT2D eigenvalue weighted by Crippen LogP contribution is -2.61. The van der Waals surface area contributed by atoms with E-state index in [2.05, 4.69) is 79.1 Å². The number of phenols is 1. The summed E-state index contributed by atoms with van der Waals surface area (Å²) in [7, 11) is 2.47. The highest BCUT2D eigenvalue weighted by Crippen LogP contribution is 2.24. The van der Waals surface area contributed by atoms with Crippen molar-refractivity contribution in [2.45, 2.75) is 192 Å². The maximum atomic E-state index is 15.4. The molecule has 0 unspecified atom stereocenters. The van der Waals surface area contributed by atoms with E-state index in [9.17, 15) is 77.6 Å². The average molecular weight is 1840 g/mol. The minimum atomic E-state index is -2.07. The number of phenolic OH excluding ortho intramolecular Hbond substituents is 1. The molecular formula is C90H119N19O21S. The van der Waals surface area contributed by atoms with Gasteiger partial charge in [-0.1, -0.05) is 146 Å². The van der Waals surface area contributed by atoms with Crippen LogP contribution >= 0.6 is 11.8 Å². The normalized spacial score (nSPS) is 23.0. The molecule has 0 saturated carbocycles. The van der Waals surface area contributed by atoms with Crippen molar-refractivity contribution < 1.29 is 102 Å². The molecule has 0 bridgehead atoms. The Morgan fingerprint density at radius 1 is 0.481 bits per heavy atom. The molecule has 0 spiro atoms. The predicted octanol–water partition coefficient (Wildman–Crippen LogP) is -1.58. The SMILES string of the molecule is CC(C)C[C@@H]1NC(=O)[C@H](Cc2c[nH]c3ccccc23)NC(=O)[C@H](CC(=O)O)NC(=O)[C@H](Cc2ccc(O)cc2)NC(=O)[C@H](Cc2cccnc2)NC(=O)CSC[C@@H](C(=O)NCC(N)=O)NC(=O)[C@H](CO)NC(=O)[C@H](C(C)C)NC(=O)[C@H](CC(C)C)NC(=O)[C@H](CC(N)=O)NC(=O)CN(C)C(=O)[C@H](C)N(C)C(=O)[C@H](C(C)C)NC(=O)[C@H](Cc2ccc(-c3ccccc3)cc2)NC1=O. The van der Waals surface area contributed by atoms with Gasteiger partial charge in [-0.15, -0.1) is 11.8 Å². The Bertz CT molecular complexity index is 5040. The molecule has 1 saturated heterocycles. The molecule has 3 heterocycles. The quantitative estimate of drug-likeness (QED) is 0.0344. The summed E-state index contributed by atoms with van der Waals surface area (Å²) in [5.41, 5.74) is 14.8. The van der Waals surface area contributed by atoms with Gasteiger partial charge in [-0.3, -0.25) is 91.3 Å². The Morgan fingerprint density at radius 3 is 1.47 bits per heavy atom. The van der Waals surface area contributed by atoms with E-state index < -0.39 is 253 Å². The number of thioether (sulfide) groups is 1. The van der Waals surface area contributed by atoms with Crippen molar-refractivity contribution in [3.8, 4) is 16.9 Å². The first-order valence-electron chi connectivity index (χ1n) is 42.7. The number of carbonyl (C=O) groups excluding carboxylic acids is 17. The van der Waals surface area contributed by atoms with E-state index in [0.717, 1.165) is 20.9 Å². The highest BCUT2D eigenvalue weighted by Gasteiger charge is 2.41. The summed E-state index contributed by atoms with van der Waals surface area (Å²) in [6, 6.07) is 10.2. The van der Waals surface area contributed by atoms with Crippen molar-refractivity contribution in [2.75, 3.05) is 45.3 Å². The number of aliphatic hydroxyl groups is 1. The number of nitrogens with one attached hydrogen (secondary N) is 14. The molecule has 17 amide bonds. The highest BCUT2D eigenvalue weighted by atomic mass is 32.2. The zero-order chi connectivity index (χ0) is 96.6. The first-order valence-corrected chi connectivity index (χ1v) is 43.9. The smallest absolute Gasteiger partial charge is 0.305 e. The molecule has 131 heavy (non-hydrogen) atoms. The van der Waals surface area contributed by atoms with Crippen LogP contribution in [0.3, 0.4) is 0 Å². The van der Waals surface area contributed by atoms with E-state index in [1.807, 2.05) is 30.3 Å². The van der Waals surface area contributed by atoms with Crippen LogP contribution in [-0.4, -0.2) is 265 Å². The third kappa shape index (κ3) is 32.7. The average Bonchev–Trinajstić information content (AvgIpc) is 1.81. The number of nitrogens with zero attached hydrogens (tertiary/aromatic N) is 3. The zero-order valence-corrected chi connectivity index (χ0v) is 75.6. The van der Waals surface area contributed by atoms with Gasteiger partial charge in [0.2, 0.25) is 100 Å². The number of carboxylic acid groups (broad SMARTS) is 1. The maximum absolute atomic E-state index is 15.4. The van der Waals surface area contributed by atoms with E-state index in [1.54, 1.807) is 102 Å². The minimum Gasteiger partial charge on any atom is -0.508 e. The van der Waals surface area contributed by atoms with E-state index in [1.165, 1.54) is 77.6 Å². The fourth-order valence-corrected chi connectivity index (χ4v) is 15.1. The molecule has 6 aromatic rings. The summed E-state index contributed by atoms with van der Waals surface area (Å²) >= 11 is 0.689. The van der Waals surface area contributed by atoms with Gasteiger partial charge in [-0.05, 0) is 101 Å². The van der Waals surface area contributed by atoms with Gasteiger partial charge in [0.25, 0.3) is 0 Å². The van der Waals surface area contributed by atoms with E-state index in [4.69, 9.17) is 11.5 Å². The molecule has 1 aliphatic heterocycles. The first-order chi connectivity index (χ1) is 62.0. The van der Waals surface area contributed by atoms with Crippen molar-refractivity contribution in [1.29, 1.82) is 0 Å². The topological polar surface area (TPSA) is 612 Å². The number of aromatic hydroxyl groups is 1. The van der Waals surface area contributed by atoms with Gasteiger partial charge in [-0.2, -0.15) is 0 Å². The number of benzene rings is 4. The number of pyridine rings is 1. The van der Waals surface area contributed by atoms with Gasteiger partial charge < -0.3 is 111 Å². The van der Waals surface area contributed by atoms with Crippen molar-refractivity contribution in [1.82, 2.24) is 88.9 Å². The second kappa shape index (κ2) is 50.2. The number of rotatable bonds is 23. The largest absolute Gasteiger partial charge is 0.508 e. The second-order valence-electron chi connectivity index (χ2n) is 33.7. The number of hydrogen-bond acceptors (Lipinski definition) is 22. The molecule has 21 N–H and O–H groups in total. The summed E-state index contributed by atoms with van der Waals surface area (Å²) in [4.78, 5) is 266. The maximum Gasteiger partial charge on any atom is 0.305 e. The van der Waals surface area contributed by atoms with Crippen LogP contribution in [0.2, 0.25) is 0 Å². The molecule has 2 aromatic heterocycles. The first kappa shape index (κ1) is 104. The Hall–Kier alpha value is -13.9. The molecule has 13 atom stereocenters. The number of carbonyl (C=O) groups is 18. The fourth-order valence-electron chi connectivity index (χ4n) is 14.2. The van der Waals surface area contributed by atoms with Gasteiger partial charge in [0.15, 0.2) is 0 Å². The number of H-pyrrole nitrogens is 1. The number of nitrogens with two attached hydrogens (primary N) is 2. The summed E-state index contributed by atoms with van der Waals surface area (Å²) in [5.74, 6) is -22.8. The molecule has 1 aliphatic rings. The van der Waals surface area contributed by atoms with E-state index in [-0.39, 0.29) is 49.3 Å². The Labute approximate surface area is 761 Å². The number of aromatic nitrogens is 2. The van der Waals surface area contributed by atoms with Gasteiger partial charge in [0, 0.05) is 75.0 Å². The molecular weight excluding hydrogens is 1720 g/mol. The number of hydrogen-bond donors (Lipinski definition) is 19. The standard InChI is InChI=1S/C90H119N19O21S/c1-47(2)32-61-79(119)101-65(34-52-23-27-56(28-24-52)55-19-13-12-14-20-55)86(126)107-77(50(7)8)90(130)109(11)51(9)89(129)108(10)43-73(114)96-67(38-71(91)112)83(123)99-62(33-48(3)4)85(125)106-76(49(5)6)88(128)104-69(44-110)87(127)105-70(78(118)95-42-72(92)113)45-131-46-74(115)97-63(36-54-18-17-31-93-40-54)80(120)100-64(35-53-25-29-58(111)30-26-53)81(121)103-68(39-75(116)117)84(124)102-66(82(122)98-61)37-57-41-94-60-22-16-15-21-59(57)60/h12-31,40-41,47-51,61-70,76-77,94,110-111H,32-39,42-46H2,1-11H3,(H2,91,112)(H2,92,113)(H,95,118)(H,96,114)(H,97,115)(H,98,122)(H,99,123)(H,100,120)(H,101,119)(H,102,124)(H,103,121)(H,104,128)(H,105,127)(H,106,125)(H,107,126)(H,116,117)/t51-,61-,62-,63-,64-,65-,66-,67-,68-,69-,70-,76-,77-/m0/s1. The summed E-state index contributed by atoms with van der Waals surface area (Å²) < 4.78 is 0. The van der Waals surface area contributed by atoms with Gasteiger partial charge in [0.05, 0.1) is 38.3 Å². The summed E-state index contributed by atoms with van der Waals surface area (Å²) in [5, 5.41) is 65.0. The van der Waals surface area contributed by atoms with Gasteiger partial charge in [0.1, 0.15) is 84.3 Å². The number of likely N-dealkylation sites (N-methyl/N-ethyl adjacent to an activating group) is 2. The Kier molecular flexibility index (Phi) is 39.9. The second-order valence-corrected chi connectivity index (χ2v) is 34.7. The minimum absolute atomic E-state index is 0.123. The molecule has 0 aliphatic carbocycles. The number of fused-ring (bicyclic) bond motifs is 1. The molecule has 4 aromatic carbocycles. The molecule has 0 radical (unpaired) electrons. The van der Waals surface area contributed by atoms with Crippen LogP contribution in [-0.2, 0) is 112 Å². The fraction of sp³-hybridized carbons (Fsp3) is 0.456. The van der Waals surface area contributed by atoms with Crippen LogP contribution < -0.4 is 80.6 Å². The Balaban J connectivity index is 1.30. The van der Waals surface area contributed by atoms with Crippen molar-refractivity contribution in [3.05, 3.63) is 156 Å². The van der Waals surface area contributed by atoms with Crippen LogP contribution in [0.5, 0.6) is 5.75 Å². The summed E-state index contributed by atoms with van der Waals surface area (Å²) in [6.45, 7) is 11.7. The monoisotopic (exact) mass is 1830 g/mol. The van der Waals surface area contributed by atoms with Crippen LogP contribution in [0.4, 0.5) is 0 Å². The number of aromatic amines is 1. The van der Waals surface area contributed by atoms with Crippen LogP contribution in [0, 0.1) is 23.7 Å². The lowest BCUT2D eigenvalue weighted by Gasteiger charge is -2.33. The number of amides is 17. The number of para-hydroxylation sites is 1. The lowest BCUT2D eigenvalue weighted by molar-refractivity contribution is -0.147. The van der Waals surface area contributed by atoms with Crippen LogP contribution in [0.1, 0.15) is 110 Å². The van der Waals surface area contributed by atoms with Gasteiger partial charge in [-0.25, -0.2) is 0 Å². The number of primary amides is 2. The van der Waals surface area contributed by atoms with Crippen molar-refractivity contribution in [3.63, 3.8) is 0 Å². The van der Waals surface area contributed by atoms with Gasteiger partial charge >= 0.3 is 5.97 Å². The van der Waals surface area contributed by atoms with Crippen LogP contribution in [0.15, 0.2) is 134 Å². The van der Waals surface area contributed by atoms with Crippen molar-refractivity contribution in [2.24, 2.45) is 35.1 Å². The highest BCUT2D eigenvalue weighted by molar-refractivity contribution is 8.00. The Morgan fingerprint density at radius 2 is 0.939 bits per heavy atom. The van der Waals surface area contributed by atoms with Crippen LogP contribution in [0.25, 0.3) is 22.0 Å². The molecule has 1 fully saturated rings. The molecule has 706 valence electrons. The molecule has 40 nitrogen and oxygen atoms in total. The molecule has 41 heteroatoms. The number of aliphatic hydroxyl groups excluding tert-OH is 1. The number of carboxylic acids is 1. The van der Waals surface area contributed by atoms with E-state index in [0.29, 0.717) is 39.4 Å².